The van der Waals surface area contributed by atoms with Crippen LogP contribution in [0.25, 0.3) is 0 Å². The number of aliphatic hydroxyl groups is 1. The van der Waals surface area contributed by atoms with E-state index in [9.17, 15) is 4.79 Å². The molecule has 88 valence electrons. The van der Waals surface area contributed by atoms with Crippen LogP contribution in [0.3, 0.4) is 0 Å². The van der Waals surface area contributed by atoms with Gasteiger partial charge in [-0.15, -0.1) is 0 Å². The summed E-state index contributed by atoms with van der Waals surface area (Å²) in [6.07, 6.45) is 0.430. The van der Waals surface area contributed by atoms with Crippen LogP contribution in [0.5, 0.6) is 0 Å². The van der Waals surface area contributed by atoms with Crippen LogP contribution in [-0.4, -0.2) is 61.4 Å². The average Bonchev–Trinajstić information content (AvgIpc) is 2.27. The second-order valence-electron chi connectivity index (χ2n) is 3.68. The van der Waals surface area contributed by atoms with Crippen molar-refractivity contribution >= 4 is 5.91 Å². The van der Waals surface area contributed by atoms with Gasteiger partial charge in [0.1, 0.15) is 0 Å². The van der Waals surface area contributed by atoms with Gasteiger partial charge in [0.25, 0.3) is 0 Å². The fourth-order valence-corrected chi connectivity index (χ4v) is 1.64. The highest BCUT2D eigenvalue weighted by Crippen LogP contribution is 2.04. The molecule has 0 aromatic carbocycles. The first-order valence-electron chi connectivity index (χ1n) is 5.47. The molecule has 1 unspecified atom stereocenters. The Bertz CT molecular complexity index is 199. The summed E-state index contributed by atoms with van der Waals surface area (Å²) in [6.45, 7) is 5.59. The number of rotatable bonds is 5. The second kappa shape index (κ2) is 6.76. The Morgan fingerprint density at radius 3 is 3.13 bits per heavy atom. The number of ether oxygens (including phenoxy) is 1. The Kier molecular flexibility index (Phi) is 5.60. The van der Waals surface area contributed by atoms with Crippen molar-refractivity contribution in [2.24, 2.45) is 0 Å². The molecule has 5 heteroatoms. The minimum Gasteiger partial charge on any atom is -0.394 e. The van der Waals surface area contributed by atoms with Gasteiger partial charge in [-0.05, 0) is 6.92 Å². The normalized spacial score (nSPS) is 22.7. The quantitative estimate of drug-likeness (QED) is 0.632. The first-order valence-corrected chi connectivity index (χ1v) is 5.47. The van der Waals surface area contributed by atoms with Crippen molar-refractivity contribution in [3.05, 3.63) is 0 Å². The van der Waals surface area contributed by atoms with Gasteiger partial charge in [-0.3, -0.25) is 9.69 Å². The highest BCUT2D eigenvalue weighted by Gasteiger charge is 2.19. The zero-order valence-electron chi connectivity index (χ0n) is 9.24. The maximum atomic E-state index is 11.2. The van der Waals surface area contributed by atoms with E-state index in [4.69, 9.17) is 9.84 Å². The van der Waals surface area contributed by atoms with Crippen LogP contribution in [0.1, 0.15) is 13.3 Å². The zero-order chi connectivity index (χ0) is 11.1. The van der Waals surface area contributed by atoms with Crippen LogP contribution >= 0.6 is 0 Å². The summed E-state index contributed by atoms with van der Waals surface area (Å²) < 4.78 is 5.32. The first-order chi connectivity index (χ1) is 7.26. The summed E-state index contributed by atoms with van der Waals surface area (Å²) in [5, 5.41) is 11.7. The van der Waals surface area contributed by atoms with E-state index in [1.807, 2.05) is 6.92 Å². The molecular weight excluding hydrogens is 196 g/mol. The summed E-state index contributed by atoms with van der Waals surface area (Å²) in [4.78, 5) is 13.4. The van der Waals surface area contributed by atoms with Crippen molar-refractivity contribution in [2.45, 2.75) is 19.4 Å². The number of carbonyl (C=O) groups is 1. The SMILES string of the molecule is CCNC(=O)CCN1CCOC(CO)C1. The van der Waals surface area contributed by atoms with Gasteiger partial charge in [0.05, 0.1) is 19.3 Å². The highest BCUT2D eigenvalue weighted by atomic mass is 16.5. The predicted molar refractivity (Wildman–Crippen MR) is 56.6 cm³/mol. The lowest BCUT2D eigenvalue weighted by Gasteiger charge is -2.31. The van der Waals surface area contributed by atoms with Crippen molar-refractivity contribution in [3.8, 4) is 0 Å². The fraction of sp³-hybridized carbons (Fsp3) is 0.900. The van der Waals surface area contributed by atoms with E-state index in [0.717, 1.165) is 19.6 Å². The van der Waals surface area contributed by atoms with E-state index >= 15 is 0 Å². The number of nitrogens with one attached hydrogen (secondary N) is 1. The molecule has 0 saturated carbocycles. The number of morpholine rings is 1. The van der Waals surface area contributed by atoms with Crippen molar-refractivity contribution in [3.63, 3.8) is 0 Å². The Labute approximate surface area is 90.4 Å². The van der Waals surface area contributed by atoms with Gasteiger partial charge in [-0.2, -0.15) is 0 Å². The third-order valence-corrected chi connectivity index (χ3v) is 2.46. The maximum Gasteiger partial charge on any atom is 0.221 e. The van der Waals surface area contributed by atoms with E-state index < -0.39 is 0 Å². The fourth-order valence-electron chi connectivity index (χ4n) is 1.64. The summed E-state index contributed by atoms with van der Waals surface area (Å²) in [5.74, 6) is 0.0875. The Hall–Kier alpha value is -0.650. The third-order valence-electron chi connectivity index (χ3n) is 2.46. The van der Waals surface area contributed by atoms with Gasteiger partial charge in [-0.25, -0.2) is 0 Å². The standard InChI is InChI=1S/C10H20N2O3/c1-2-11-10(14)3-4-12-5-6-15-9(7-12)8-13/h9,13H,2-8H2,1H3,(H,11,14). The molecule has 0 aromatic rings. The smallest absolute Gasteiger partial charge is 0.221 e. The molecule has 1 rings (SSSR count). The molecular formula is C10H20N2O3. The predicted octanol–water partition coefficient (Wildman–Crippen LogP) is -0.794. The van der Waals surface area contributed by atoms with Gasteiger partial charge in [0.15, 0.2) is 0 Å². The summed E-state index contributed by atoms with van der Waals surface area (Å²) in [6, 6.07) is 0. The molecule has 0 bridgehead atoms. The molecule has 1 fully saturated rings. The molecule has 0 spiro atoms. The summed E-state index contributed by atoms with van der Waals surface area (Å²) >= 11 is 0. The molecule has 0 aliphatic carbocycles. The van der Waals surface area contributed by atoms with Crippen LogP contribution in [0, 0.1) is 0 Å². The van der Waals surface area contributed by atoms with Crippen molar-refractivity contribution in [1.82, 2.24) is 10.2 Å². The van der Waals surface area contributed by atoms with Crippen LogP contribution in [0.2, 0.25) is 0 Å². The van der Waals surface area contributed by atoms with Crippen molar-refractivity contribution in [2.75, 3.05) is 39.4 Å². The van der Waals surface area contributed by atoms with Gasteiger partial charge < -0.3 is 15.2 Å². The first kappa shape index (κ1) is 12.4. The number of aliphatic hydroxyl groups excluding tert-OH is 1. The molecule has 1 heterocycles. The van der Waals surface area contributed by atoms with E-state index in [1.54, 1.807) is 0 Å². The number of hydrogen-bond acceptors (Lipinski definition) is 4. The lowest BCUT2D eigenvalue weighted by molar-refractivity contribution is -0.122. The lowest BCUT2D eigenvalue weighted by atomic mass is 10.2. The lowest BCUT2D eigenvalue weighted by Crippen LogP contribution is -2.45. The number of amides is 1. The van der Waals surface area contributed by atoms with Crippen molar-refractivity contribution in [1.29, 1.82) is 0 Å². The van der Waals surface area contributed by atoms with E-state index in [2.05, 4.69) is 10.2 Å². The van der Waals surface area contributed by atoms with Gasteiger partial charge in [0, 0.05) is 32.6 Å². The Balaban J connectivity index is 2.17. The second-order valence-corrected chi connectivity index (χ2v) is 3.68. The number of carbonyl (C=O) groups excluding carboxylic acids is 1. The molecule has 1 amide bonds. The highest BCUT2D eigenvalue weighted by molar-refractivity contribution is 5.75. The minimum absolute atomic E-state index is 0.0532. The molecule has 2 N–H and O–H groups in total. The zero-order valence-corrected chi connectivity index (χ0v) is 9.24. The van der Waals surface area contributed by atoms with Gasteiger partial charge in [0.2, 0.25) is 5.91 Å². The Morgan fingerprint density at radius 1 is 1.67 bits per heavy atom. The molecule has 1 aliphatic heterocycles. The van der Waals surface area contributed by atoms with E-state index in [-0.39, 0.29) is 18.6 Å². The van der Waals surface area contributed by atoms with Crippen LogP contribution in [-0.2, 0) is 9.53 Å². The van der Waals surface area contributed by atoms with E-state index in [0.29, 0.717) is 19.6 Å². The molecule has 5 nitrogen and oxygen atoms in total. The number of hydrogen-bond donors (Lipinski definition) is 2. The van der Waals surface area contributed by atoms with Gasteiger partial charge in [-0.1, -0.05) is 0 Å². The number of nitrogens with zero attached hydrogens (tertiary/aromatic N) is 1. The Morgan fingerprint density at radius 2 is 2.47 bits per heavy atom. The third kappa shape index (κ3) is 4.59. The molecule has 0 radical (unpaired) electrons. The molecule has 1 saturated heterocycles. The van der Waals surface area contributed by atoms with Crippen LogP contribution < -0.4 is 5.32 Å². The summed E-state index contributed by atoms with van der Waals surface area (Å²) in [5.41, 5.74) is 0. The van der Waals surface area contributed by atoms with Gasteiger partial charge >= 0.3 is 0 Å². The molecule has 1 aliphatic rings. The van der Waals surface area contributed by atoms with Crippen LogP contribution in [0.15, 0.2) is 0 Å². The van der Waals surface area contributed by atoms with Crippen molar-refractivity contribution < 1.29 is 14.6 Å². The summed E-state index contributed by atoms with van der Waals surface area (Å²) in [7, 11) is 0. The largest absolute Gasteiger partial charge is 0.394 e. The minimum atomic E-state index is -0.0898. The maximum absolute atomic E-state index is 11.2. The monoisotopic (exact) mass is 216 g/mol. The topological polar surface area (TPSA) is 61.8 Å². The molecule has 15 heavy (non-hydrogen) atoms. The average molecular weight is 216 g/mol. The molecule has 1 atom stereocenters. The molecule has 0 aromatic heterocycles. The van der Waals surface area contributed by atoms with Crippen LogP contribution in [0.4, 0.5) is 0 Å². The van der Waals surface area contributed by atoms with E-state index in [1.165, 1.54) is 0 Å².